The van der Waals surface area contributed by atoms with Gasteiger partial charge in [0.05, 0.1) is 11.8 Å². The molecule has 1 heterocycles. The van der Waals surface area contributed by atoms with Crippen LogP contribution in [0, 0.1) is 5.82 Å². The summed E-state index contributed by atoms with van der Waals surface area (Å²) in [4.78, 5) is 0. The normalized spacial score (nSPS) is 17.1. The van der Waals surface area contributed by atoms with Gasteiger partial charge in [-0.1, -0.05) is 12.1 Å². The Morgan fingerprint density at radius 1 is 1.24 bits per heavy atom. The fourth-order valence-corrected chi connectivity index (χ4v) is 2.18. The second-order valence-electron chi connectivity index (χ2n) is 4.53. The Hall–Kier alpha value is -1.51. The molecule has 0 aliphatic carbocycles. The molecule has 0 radical (unpaired) electrons. The molecule has 1 fully saturated rings. The second kappa shape index (κ2) is 8.06. The first-order chi connectivity index (χ1) is 10.1. The minimum Gasteiger partial charge on any atom is -0.376 e. The van der Waals surface area contributed by atoms with Gasteiger partial charge in [-0.05, 0) is 49.4 Å². The number of rotatable bonds is 3. The molecule has 8 heteroatoms. The van der Waals surface area contributed by atoms with Crippen LogP contribution in [0.2, 0.25) is 0 Å². The highest BCUT2D eigenvalue weighted by Gasteiger charge is 2.15. The van der Waals surface area contributed by atoms with Gasteiger partial charge in [0, 0.05) is 13.2 Å². The molecule has 1 aromatic rings. The molecular formula is C13H17FN4OS2. The quantitative estimate of drug-likeness (QED) is 0.497. The van der Waals surface area contributed by atoms with Crippen molar-refractivity contribution in [1.82, 2.24) is 16.2 Å². The SMILES string of the molecule is Fc1ccccc1NC(=S)NNC(=S)NC[C@@H]1CCCO1. The van der Waals surface area contributed by atoms with E-state index in [1.54, 1.807) is 18.2 Å². The lowest BCUT2D eigenvalue weighted by Gasteiger charge is -2.16. The van der Waals surface area contributed by atoms with E-state index in [9.17, 15) is 4.39 Å². The van der Waals surface area contributed by atoms with Crippen LogP contribution in [-0.4, -0.2) is 29.5 Å². The van der Waals surface area contributed by atoms with E-state index in [0.29, 0.717) is 17.3 Å². The summed E-state index contributed by atoms with van der Waals surface area (Å²) in [6.45, 7) is 1.46. The molecule has 0 aromatic heterocycles. The van der Waals surface area contributed by atoms with E-state index in [0.717, 1.165) is 19.4 Å². The fraction of sp³-hybridized carbons (Fsp3) is 0.385. The van der Waals surface area contributed by atoms with Crippen molar-refractivity contribution < 1.29 is 9.13 Å². The largest absolute Gasteiger partial charge is 0.376 e. The van der Waals surface area contributed by atoms with Crippen LogP contribution in [0.4, 0.5) is 10.1 Å². The molecule has 1 aromatic carbocycles. The predicted octanol–water partition coefficient (Wildman–Crippen LogP) is 1.67. The van der Waals surface area contributed by atoms with Gasteiger partial charge >= 0.3 is 0 Å². The second-order valence-corrected chi connectivity index (χ2v) is 5.35. The van der Waals surface area contributed by atoms with Crippen LogP contribution in [0.1, 0.15) is 12.8 Å². The minimum absolute atomic E-state index is 0.202. The van der Waals surface area contributed by atoms with Gasteiger partial charge in [0.25, 0.3) is 0 Å². The number of thiocarbonyl (C=S) groups is 2. The lowest BCUT2D eigenvalue weighted by atomic mass is 10.2. The van der Waals surface area contributed by atoms with Crippen molar-refractivity contribution in [3.8, 4) is 0 Å². The van der Waals surface area contributed by atoms with E-state index in [4.69, 9.17) is 29.2 Å². The first-order valence-corrected chi connectivity index (χ1v) is 7.44. The standard InChI is InChI=1S/C13H17FN4OS2/c14-10-5-1-2-6-11(10)16-13(21)18-17-12(20)15-8-9-4-3-7-19-9/h1-2,5-6,9H,3-4,7-8H2,(H2,15,17,20)(H2,16,18,21)/t9-/m0/s1. The van der Waals surface area contributed by atoms with Gasteiger partial charge in [-0.15, -0.1) is 0 Å². The summed E-state index contributed by atoms with van der Waals surface area (Å²) >= 11 is 10.1. The monoisotopic (exact) mass is 328 g/mol. The Labute approximate surface area is 133 Å². The fourth-order valence-electron chi connectivity index (χ4n) is 1.89. The molecule has 0 unspecified atom stereocenters. The first kappa shape index (κ1) is 15.9. The lowest BCUT2D eigenvalue weighted by Crippen LogP contribution is -2.49. The van der Waals surface area contributed by atoms with E-state index in [2.05, 4.69) is 21.5 Å². The predicted molar refractivity (Wildman–Crippen MR) is 88.5 cm³/mol. The van der Waals surface area contributed by atoms with Crippen LogP contribution in [0.5, 0.6) is 0 Å². The number of halogens is 1. The smallest absolute Gasteiger partial charge is 0.189 e. The topological polar surface area (TPSA) is 57.3 Å². The zero-order valence-corrected chi connectivity index (χ0v) is 13.0. The molecule has 0 amide bonds. The molecule has 21 heavy (non-hydrogen) atoms. The minimum atomic E-state index is -0.374. The lowest BCUT2D eigenvalue weighted by molar-refractivity contribution is 0.114. The van der Waals surface area contributed by atoms with Crippen molar-refractivity contribution in [1.29, 1.82) is 0 Å². The van der Waals surface area contributed by atoms with Gasteiger partial charge in [0.15, 0.2) is 10.2 Å². The van der Waals surface area contributed by atoms with E-state index >= 15 is 0 Å². The first-order valence-electron chi connectivity index (χ1n) is 6.62. The highest BCUT2D eigenvalue weighted by Crippen LogP contribution is 2.12. The van der Waals surface area contributed by atoms with Crippen molar-refractivity contribution in [3.63, 3.8) is 0 Å². The molecule has 4 N–H and O–H groups in total. The Morgan fingerprint density at radius 2 is 2.00 bits per heavy atom. The Morgan fingerprint density at radius 3 is 2.71 bits per heavy atom. The van der Waals surface area contributed by atoms with Crippen LogP contribution >= 0.6 is 24.4 Å². The third-order valence-corrected chi connectivity index (χ3v) is 3.38. The Kier molecular flexibility index (Phi) is 6.09. The zero-order chi connectivity index (χ0) is 15.1. The molecular weight excluding hydrogens is 311 g/mol. The van der Waals surface area contributed by atoms with E-state index < -0.39 is 0 Å². The van der Waals surface area contributed by atoms with Gasteiger partial charge in [-0.3, -0.25) is 10.9 Å². The molecule has 1 aliphatic rings. The summed E-state index contributed by atoms with van der Waals surface area (Å²) in [6, 6.07) is 6.28. The van der Waals surface area contributed by atoms with E-state index in [-0.39, 0.29) is 17.0 Å². The Balaban J connectivity index is 1.66. The van der Waals surface area contributed by atoms with Crippen LogP contribution < -0.4 is 21.5 Å². The number of nitrogens with one attached hydrogen (secondary N) is 4. The van der Waals surface area contributed by atoms with Crippen LogP contribution in [0.15, 0.2) is 24.3 Å². The summed E-state index contributed by atoms with van der Waals surface area (Å²) in [5.74, 6) is -0.374. The Bertz CT molecular complexity index is 509. The van der Waals surface area contributed by atoms with Crippen molar-refractivity contribution >= 4 is 40.3 Å². The van der Waals surface area contributed by atoms with Crippen molar-refractivity contribution in [2.24, 2.45) is 0 Å². The number of hydrogen-bond acceptors (Lipinski definition) is 3. The van der Waals surface area contributed by atoms with Gasteiger partial charge in [0.1, 0.15) is 5.82 Å². The summed E-state index contributed by atoms with van der Waals surface area (Å²) in [5.41, 5.74) is 5.73. The molecule has 0 saturated carbocycles. The maximum absolute atomic E-state index is 13.4. The van der Waals surface area contributed by atoms with Gasteiger partial charge in [-0.25, -0.2) is 4.39 Å². The van der Waals surface area contributed by atoms with Gasteiger partial charge < -0.3 is 15.4 Å². The number of anilines is 1. The van der Waals surface area contributed by atoms with Crippen LogP contribution in [-0.2, 0) is 4.74 Å². The third kappa shape index (κ3) is 5.41. The third-order valence-electron chi connectivity index (χ3n) is 2.93. The maximum Gasteiger partial charge on any atom is 0.189 e. The average molecular weight is 328 g/mol. The highest BCUT2D eigenvalue weighted by atomic mass is 32.1. The number of ether oxygens (including phenoxy) is 1. The average Bonchev–Trinajstić information content (AvgIpc) is 2.99. The molecule has 2 rings (SSSR count). The van der Waals surface area contributed by atoms with E-state index in [1.165, 1.54) is 6.07 Å². The summed E-state index contributed by atoms with van der Waals surface area (Å²) in [5, 5.41) is 6.39. The summed E-state index contributed by atoms with van der Waals surface area (Å²) in [6.07, 6.45) is 2.32. The van der Waals surface area contributed by atoms with Gasteiger partial charge in [0.2, 0.25) is 0 Å². The molecule has 5 nitrogen and oxygen atoms in total. The number of hydrogen-bond donors (Lipinski definition) is 4. The van der Waals surface area contributed by atoms with E-state index in [1.807, 2.05) is 0 Å². The summed E-state index contributed by atoms with van der Waals surface area (Å²) < 4.78 is 18.9. The number of benzene rings is 1. The maximum atomic E-state index is 13.4. The van der Waals surface area contributed by atoms with Gasteiger partial charge in [-0.2, -0.15) is 0 Å². The van der Waals surface area contributed by atoms with Crippen LogP contribution in [0.25, 0.3) is 0 Å². The van der Waals surface area contributed by atoms with Crippen molar-refractivity contribution in [2.75, 3.05) is 18.5 Å². The molecule has 1 aliphatic heterocycles. The van der Waals surface area contributed by atoms with Crippen molar-refractivity contribution in [2.45, 2.75) is 18.9 Å². The van der Waals surface area contributed by atoms with Crippen LogP contribution in [0.3, 0.4) is 0 Å². The van der Waals surface area contributed by atoms with Crippen molar-refractivity contribution in [3.05, 3.63) is 30.1 Å². The molecule has 0 bridgehead atoms. The molecule has 1 atom stereocenters. The summed E-state index contributed by atoms with van der Waals surface area (Å²) in [7, 11) is 0. The molecule has 1 saturated heterocycles. The number of hydrazine groups is 1. The zero-order valence-electron chi connectivity index (χ0n) is 11.3. The highest BCUT2D eigenvalue weighted by molar-refractivity contribution is 7.80. The molecule has 114 valence electrons. The number of para-hydroxylation sites is 1. The molecule has 0 spiro atoms.